The minimum absolute atomic E-state index is 0.0966. The van der Waals surface area contributed by atoms with E-state index in [4.69, 9.17) is 9.88 Å². The summed E-state index contributed by atoms with van der Waals surface area (Å²) in [5, 5.41) is 22.4. The van der Waals surface area contributed by atoms with Gasteiger partial charge in [0.1, 0.15) is 12.6 Å². The van der Waals surface area contributed by atoms with Crippen LogP contribution in [0.1, 0.15) is 74.2 Å². The molecule has 13 heteroatoms. The van der Waals surface area contributed by atoms with Crippen molar-refractivity contribution in [1.82, 2.24) is 15.0 Å². The van der Waals surface area contributed by atoms with E-state index in [0.29, 0.717) is 23.4 Å². The second kappa shape index (κ2) is 15.6. The number of carbonyl (C=O) groups excluding carboxylic acids is 1. The SMILES string of the molecule is Cc1cc(F)c(F)c(OCC(=O)C(CC(=O)O)n2cc(C(C)C3CCCCC3)nn2)c1F.NS(=O)Cc1ccccc1. The van der Waals surface area contributed by atoms with Crippen molar-refractivity contribution in [3.63, 3.8) is 0 Å². The van der Waals surface area contributed by atoms with Crippen LogP contribution in [0, 0.1) is 30.3 Å². The van der Waals surface area contributed by atoms with Gasteiger partial charge in [-0.05, 0) is 42.9 Å². The average molecular weight is 609 g/mol. The van der Waals surface area contributed by atoms with E-state index in [1.807, 2.05) is 37.3 Å². The Morgan fingerprint density at radius 3 is 2.43 bits per heavy atom. The number of carboxylic acids is 1. The van der Waals surface area contributed by atoms with Crippen molar-refractivity contribution < 1.29 is 36.8 Å². The zero-order valence-corrected chi connectivity index (χ0v) is 24.3. The Kier molecular flexibility index (Phi) is 12.2. The number of aromatic nitrogens is 3. The number of rotatable bonds is 11. The van der Waals surface area contributed by atoms with E-state index in [1.165, 1.54) is 19.5 Å². The second-order valence-corrected chi connectivity index (χ2v) is 11.4. The summed E-state index contributed by atoms with van der Waals surface area (Å²) in [4.78, 5) is 24.0. The summed E-state index contributed by atoms with van der Waals surface area (Å²) in [7, 11) is -1.22. The van der Waals surface area contributed by atoms with Crippen molar-refractivity contribution in [1.29, 1.82) is 0 Å². The van der Waals surface area contributed by atoms with Crippen molar-refractivity contribution in [3.8, 4) is 5.75 Å². The highest BCUT2D eigenvalue weighted by Gasteiger charge is 2.29. The molecule has 3 N–H and O–H groups in total. The topological polar surface area (TPSA) is 137 Å². The Balaban J connectivity index is 0.000000408. The van der Waals surface area contributed by atoms with Gasteiger partial charge in [0.15, 0.2) is 23.2 Å². The zero-order chi connectivity index (χ0) is 30.8. The standard InChI is InChI=1S/C22H26F3N3O4.C7H9NOS/c1-12-8-15(23)21(25)22(20(12)24)32-11-18(29)17(9-19(30)31)28-10-16(26-27-28)13(2)14-6-4-3-5-7-14;8-10(9)6-7-4-2-1-3-5-7/h8,10,13-14,17H,3-7,9,11H2,1-2H3,(H,30,31);1-5H,6,8H2. The van der Waals surface area contributed by atoms with Crippen molar-refractivity contribution in [2.24, 2.45) is 11.1 Å². The molecule has 1 fully saturated rings. The van der Waals surface area contributed by atoms with Gasteiger partial charge >= 0.3 is 5.97 Å². The Morgan fingerprint density at radius 1 is 1.14 bits per heavy atom. The van der Waals surface area contributed by atoms with Gasteiger partial charge < -0.3 is 9.84 Å². The van der Waals surface area contributed by atoms with E-state index in [2.05, 4.69) is 10.3 Å². The summed E-state index contributed by atoms with van der Waals surface area (Å²) >= 11 is 0. The highest BCUT2D eigenvalue weighted by atomic mass is 32.2. The fraction of sp³-hybridized carbons (Fsp3) is 0.448. The van der Waals surface area contributed by atoms with Crippen LogP contribution in [0.15, 0.2) is 42.6 Å². The summed E-state index contributed by atoms with van der Waals surface area (Å²) < 4.78 is 58.2. The molecule has 0 radical (unpaired) electrons. The molecule has 4 rings (SSSR count). The van der Waals surface area contributed by atoms with Crippen molar-refractivity contribution in [3.05, 3.63) is 76.9 Å². The molecule has 2 aromatic carbocycles. The molecular weight excluding hydrogens is 573 g/mol. The van der Waals surface area contributed by atoms with E-state index in [-0.39, 0.29) is 11.5 Å². The molecule has 0 spiro atoms. The van der Waals surface area contributed by atoms with Crippen LogP contribution in [0.25, 0.3) is 0 Å². The molecule has 0 saturated heterocycles. The highest BCUT2D eigenvalue weighted by molar-refractivity contribution is 7.81. The van der Waals surface area contributed by atoms with Gasteiger partial charge in [-0.25, -0.2) is 17.7 Å². The van der Waals surface area contributed by atoms with Gasteiger partial charge in [-0.1, -0.05) is 61.7 Å². The molecule has 0 amide bonds. The molecule has 1 aromatic heterocycles. The van der Waals surface area contributed by atoms with E-state index in [1.54, 1.807) is 0 Å². The molecule has 0 bridgehead atoms. The molecule has 3 aromatic rings. The van der Waals surface area contributed by atoms with Crippen molar-refractivity contribution >= 4 is 22.7 Å². The molecule has 3 atom stereocenters. The average Bonchev–Trinajstić information content (AvgIpc) is 3.45. The Bertz CT molecular complexity index is 1360. The van der Waals surface area contributed by atoms with Gasteiger partial charge in [0.25, 0.3) is 0 Å². The lowest BCUT2D eigenvalue weighted by atomic mass is 9.80. The van der Waals surface area contributed by atoms with Gasteiger partial charge in [0.05, 0.1) is 28.9 Å². The predicted molar refractivity (Wildman–Crippen MR) is 150 cm³/mol. The Hall–Kier alpha value is -3.58. The van der Waals surface area contributed by atoms with Crippen LogP contribution in [0.3, 0.4) is 0 Å². The molecule has 0 aliphatic heterocycles. The maximum Gasteiger partial charge on any atom is 0.305 e. The normalized spacial score (nSPS) is 15.7. The van der Waals surface area contributed by atoms with Crippen LogP contribution < -0.4 is 9.88 Å². The molecule has 1 aliphatic rings. The number of ether oxygens (including phenoxy) is 1. The van der Waals surface area contributed by atoms with Crippen LogP contribution >= 0.6 is 0 Å². The molecule has 228 valence electrons. The minimum Gasteiger partial charge on any atom is -0.481 e. The molecule has 1 heterocycles. The number of aliphatic carboxylic acids is 1. The number of benzene rings is 2. The largest absolute Gasteiger partial charge is 0.481 e. The monoisotopic (exact) mass is 608 g/mol. The maximum atomic E-state index is 14.1. The third-order valence-corrected chi connectivity index (χ3v) is 7.84. The van der Waals surface area contributed by atoms with Crippen LogP contribution in [0.4, 0.5) is 13.2 Å². The first-order valence-electron chi connectivity index (χ1n) is 13.6. The van der Waals surface area contributed by atoms with Gasteiger partial charge in [0, 0.05) is 12.1 Å². The quantitative estimate of drug-likeness (QED) is 0.287. The number of halogens is 3. The van der Waals surface area contributed by atoms with Gasteiger partial charge in [0.2, 0.25) is 5.82 Å². The van der Waals surface area contributed by atoms with E-state index >= 15 is 0 Å². The highest BCUT2D eigenvalue weighted by Crippen LogP contribution is 2.35. The number of hydrogen-bond donors (Lipinski definition) is 2. The van der Waals surface area contributed by atoms with E-state index in [0.717, 1.165) is 35.9 Å². The van der Waals surface area contributed by atoms with Crippen LogP contribution in [0.2, 0.25) is 0 Å². The number of nitrogens with two attached hydrogens (primary N) is 1. The number of nitrogens with zero attached hydrogens (tertiary/aromatic N) is 3. The van der Waals surface area contributed by atoms with Crippen LogP contribution in [-0.4, -0.2) is 42.7 Å². The number of aryl methyl sites for hydroxylation is 1. The first-order chi connectivity index (χ1) is 20.0. The van der Waals surface area contributed by atoms with Crippen molar-refractivity contribution in [2.45, 2.75) is 70.1 Å². The van der Waals surface area contributed by atoms with Crippen LogP contribution in [0.5, 0.6) is 5.75 Å². The summed E-state index contributed by atoms with van der Waals surface area (Å²) in [6.45, 7) is 2.39. The summed E-state index contributed by atoms with van der Waals surface area (Å²) in [6, 6.07) is 8.94. The predicted octanol–water partition coefficient (Wildman–Crippen LogP) is 5.16. The van der Waals surface area contributed by atoms with Crippen LogP contribution in [-0.2, 0) is 26.3 Å². The smallest absolute Gasteiger partial charge is 0.305 e. The third kappa shape index (κ3) is 9.21. The van der Waals surface area contributed by atoms with E-state index < -0.39 is 65.0 Å². The van der Waals surface area contributed by atoms with Gasteiger partial charge in [-0.3, -0.25) is 14.7 Å². The molecule has 1 aliphatic carbocycles. The second-order valence-electron chi connectivity index (χ2n) is 10.3. The number of hydrogen-bond acceptors (Lipinski definition) is 6. The minimum atomic E-state index is -1.56. The Labute approximate surface area is 244 Å². The number of ketones is 1. The first kappa shape index (κ1) is 32.9. The summed E-state index contributed by atoms with van der Waals surface area (Å²) in [6.07, 6.45) is 6.57. The zero-order valence-electron chi connectivity index (χ0n) is 23.5. The lowest BCUT2D eigenvalue weighted by molar-refractivity contribution is -0.140. The molecule has 1 saturated carbocycles. The maximum absolute atomic E-state index is 14.1. The summed E-state index contributed by atoms with van der Waals surface area (Å²) in [5.41, 5.74) is 1.48. The third-order valence-electron chi connectivity index (χ3n) is 7.22. The molecule has 3 unspecified atom stereocenters. The van der Waals surface area contributed by atoms with E-state index in [9.17, 15) is 32.1 Å². The Morgan fingerprint density at radius 2 is 1.81 bits per heavy atom. The number of Topliss-reactive ketones (excluding diaryl/α,β-unsaturated/α-hetero) is 1. The van der Waals surface area contributed by atoms with Crippen molar-refractivity contribution in [2.75, 3.05) is 6.61 Å². The number of carbonyl (C=O) groups is 2. The van der Waals surface area contributed by atoms with Gasteiger partial charge in [-0.2, -0.15) is 4.39 Å². The lowest BCUT2D eigenvalue weighted by Crippen LogP contribution is -2.28. The summed E-state index contributed by atoms with van der Waals surface area (Å²) in [5.74, 6) is -6.08. The first-order valence-corrected chi connectivity index (χ1v) is 15.0. The fourth-order valence-electron chi connectivity index (χ4n) is 4.85. The van der Waals surface area contributed by atoms with Gasteiger partial charge in [-0.15, -0.1) is 5.10 Å². The molecule has 42 heavy (non-hydrogen) atoms. The molecular formula is C29H35F3N4O5S. The number of carboxylic acid groups (broad SMARTS) is 1. The molecule has 9 nitrogen and oxygen atoms in total. The fourth-order valence-corrected chi connectivity index (χ4v) is 5.37. The lowest BCUT2D eigenvalue weighted by Gasteiger charge is -2.26.